The van der Waals surface area contributed by atoms with Gasteiger partial charge in [-0.25, -0.2) is 4.98 Å². The lowest BCUT2D eigenvalue weighted by atomic mass is 10.2. The van der Waals surface area contributed by atoms with Crippen LogP contribution in [0.4, 0.5) is 0 Å². The molecule has 2 aromatic carbocycles. The molecule has 1 heterocycles. The highest BCUT2D eigenvalue weighted by Crippen LogP contribution is 2.16. The van der Waals surface area contributed by atoms with Crippen molar-refractivity contribution in [2.45, 2.75) is 6.92 Å². The van der Waals surface area contributed by atoms with Crippen molar-refractivity contribution in [1.82, 2.24) is 9.88 Å². The van der Waals surface area contributed by atoms with Gasteiger partial charge in [0.2, 0.25) is 5.91 Å². The number of nitrogens with zero attached hydrogens (tertiary/aromatic N) is 2. The molecule has 0 spiro atoms. The Hall–Kier alpha value is -3.14. The number of fused-ring (bicyclic) bond motifs is 1. The van der Waals surface area contributed by atoms with Crippen LogP contribution in [0.3, 0.4) is 0 Å². The number of hydrogen-bond donors (Lipinski definition) is 0. The van der Waals surface area contributed by atoms with Crippen molar-refractivity contribution in [3.05, 3.63) is 78.0 Å². The molecule has 0 saturated heterocycles. The second-order valence-corrected chi connectivity index (χ2v) is 6.14. The van der Waals surface area contributed by atoms with Crippen molar-refractivity contribution in [2.24, 2.45) is 0 Å². The molecule has 3 rings (SSSR count). The number of carbonyl (C=O) groups excluding carboxylic acids is 1. The van der Waals surface area contributed by atoms with E-state index in [-0.39, 0.29) is 5.91 Å². The van der Waals surface area contributed by atoms with Crippen LogP contribution < -0.4 is 4.74 Å². The van der Waals surface area contributed by atoms with Crippen LogP contribution in [0.5, 0.6) is 5.75 Å². The molecular weight excluding hydrogens is 324 g/mol. The Morgan fingerprint density at radius 1 is 1.08 bits per heavy atom. The highest BCUT2D eigenvalue weighted by molar-refractivity contribution is 5.91. The number of pyridine rings is 1. The topological polar surface area (TPSA) is 42.4 Å². The summed E-state index contributed by atoms with van der Waals surface area (Å²) in [5, 5.41) is 1.08. The van der Waals surface area contributed by atoms with Gasteiger partial charge in [0.15, 0.2) is 0 Å². The van der Waals surface area contributed by atoms with Gasteiger partial charge in [0, 0.05) is 18.5 Å². The van der Waals surface area contributed by atoms with E-state index in [0.29, 0.717) is 13.2 Å². The monoisotopic (exact) mass is 346 g/mol. The van der Waals surface area contributed by atoms with Crippen LogP contribution in [-0.4, -0.2) is 36.0 Å². The number of aryl methyl sites for hydroxylation is 1. The highest BCUT2D eigenvalue weighted by atomic mass is 16.5. The molecule has 0 aliphatic rings. The average molecular weight is 346 g/mol. The number of para-hydroxylation sites is 2. The van der Waals surface area contributed by atoms with Crippen LogP contribution in [0.1, 0.15) is 11.3 Å². The minimum Gasteiger partial charge on any atom is -0.491 e. The van der Waals surface area contributed by atoms with Crippen LogP contribution in [0.25, 0.3) is 17.0 Å². The SMILES string of the molecule is Cc1ccccc1OCCN(C)C(=O)/C=C/c1ccc2ccccc2n1. The highest BCUT2D eigenvalue weighted by Gasteiger charge is 2.06. The van der Waals surface area contributed by atoms with E-state index in [1.54, 1.807) is 24.1 Å². The van der Waals surface area contributed by atoms with Gasteiger partial charge in [0.05, 0.1) is 17.8 Å². The van der Waals surface area contributed by atoms with Crippen molar-refractivity contribution in [3.8, 4) is 5.75 Å². The summed E-state index contributed by atoms with van der Waals surface area (Å²) < 4.78 is 5.74. The van der Waals surface area contributed by atoms with Gasteiger partial charge >= 0.3 is 0 Å². The van der Waals surface area contributed by atoms with Crippen LogP contribution in [-0.2, 0) is 4.79 Å². The molecule has 0 radical (unpaired) electrons. The molecule has 0 unspecified atom stereocenters. The zero-order chi connectivity index (χ0) is 18.4. The van der Waals surface area contributed by atoms with Gasteiger partial charge in [-0.2, -0.15) is 0 Å². The molecule has 4 nitrogen and oxygen atoms in total. The molecule has 1 amide bonds. The molecule has 0 fully saturated rings. The Balaban J connectivity index is 1.54. The largest absolute Gasteiger partial charge is 0.491 e. The Kier molecular flexibility index (Phi) is 5.64. The lowest BCUT2D eigenvalue weighted by Gasteiger charge is -2.16. The van der Waals surface area contributed by atoms with Gasteiger partial charge in [-0.3, -0.25) is 4.79 Å². The number of likely N-dealkylation sites (N-methyl/N-ethyl adjacent to an activating group) is 1. The Bertz CT molecular complexity index is 934. The number of hydrogen-bond acceptors (Lipinski definition) is 3. The van der Waals surface area contributed by atoms with Crippen molar-refractivity contribution < 1.29 is 9.53 Å². The Morgan fingerprint density at radius 2 is 1.85 bits per heavy atom. The predicted molar refractivity (Wildman–Crippen MR) is 105 cm³/mol. The van der Waals surface area contributed by atoms with E-state index in [1.807, 2.05) is 67.6 Å². The summed E-state index contributed by atoms with van der Waals surface area (Å²) in [4.78, 5) is 18.4. The van der Waals surface area contributed by atoms with Crippen molar-refractivity contribution in [2.75, 3.05) is 20.2 Å². The van der Waals surface area contributed by atoms with Gasteiger partial charge in [-0.15, -0.1) is 0 Å². The minimum absolute atomic E-state index is 0.0756. The number of rotatable bonds is 6. The first-order chi connectivity index (χ1) is 12.6. The first-order valence-electron chi connectivity index (χ1n) is 8.61. The normalized spacial score (nSPS) is 11.0. The summed E-state index contributed by atoms with van der Waals surface area (Å²) in [6, 6.07) is 19.7. The fourth-order valence-corrected chi connectivity index (χ4v) is 2.58. The van der Waals surface area contributed by atoms with E-state index in [9.17, 15) is 4.79 Å². The smallest absolute Gasteiger partial charge is 0.246 e. The summed E-state index contributed by atoms with van der Waals surface area (Å²) >= 11 is 0. The first kappa shape index (κ1) is 17.7. The van der Waals surface area contributed by atoms with Crippen LogP contribution in [0.2, 0.25) is 0 Å². The molecule has 4 heteroatoms. The maximum absolute atomic E-state index is 12.2. The summed E-state index contributed by atoms with van der Waals surface area (Å²) in [7, 11) is 1.77. The standard InChI is InChI=1S/C22H22N2O2/c1-17-7-3-6-10-21(17)26-16-15-24(2)22(25)14-13-19-12-11-18-8-4-5-9-20(18)23-19/h3-14H,15-16H2,1-2H3/b14-13+. The number of ether oxygens (including phenoxy) is 1. The Morgan fingerprint density at radius 3 is 2.69 bits per heavy atom. The van der Waals surface area contributed by atoms with E-state index < -0.39 is 0 Å². The van der Waals surface area contributed by atoms with E-state index in [4.69, 9.17) is 4.74 Å². The summed E-state index contributed by atoms with van der Waals surface area (Å²) in [5.74, 6) is 0.776. The third-order valence-corrected chi connectivity index (χ3v) is 4.17. The number of aromatic nitrogens is 1. The zero-order valence-electron chi connectivity index (χ0n) is 15.1. The van der Waals surface area contributed by atoms with Crippen LogP contribution >= 0.6 is 0 Å². The van der Waals surface area contributed by atoms with E-state index in [2.05, 4.69) is 4.98 Å². The molecule has 26 heavy (non-hydrogen) atoms. The van der Waals surface area contributed by atoms with Crippen LogP contribution in [0, 0.1) is 6.92 Å². The molecule has 0 bridgehead atoms. The second-order valence-electron chi connectivity index (χ2n) is 6.14. The third kappa shape index (κ3) is 4.48. The molecule has 0 atom stereocenters. The first-order valence-corrected chi connectivity index (χ1v) is 8.61. The summed E-state index contributed by atoms with van der Waals surface area (Å²) in [6.45, 7) is 2.97. The van der Waals surface area contributed by atoms with Crippen molar-refractivity contribution >= 4 is 22.9 Å². The molecule has 0 saturated carbocycles. The van der Waals surface area contributed by atoms with Crippen LogP contribution in [0.15, 0.2) is 66.7 Å². The number of amides is 1. The summed E-state index contributed by atoms with van der Waals surface area (Å²) in [5.41, 5.74) is 2.77. The molecule has 0 aliphatic heterocycles. The average Bonchev–Trinajstić information content (AvgIpc) is 2.67. The van der Waals surface area contributed by atoms with Gasteiger partial charge in [-0.05, 0) is 36.8 Å². The molecular formula is C22H22N2O2. The fraction of sp³-hybridized carbons (Fsp3) is 0.182. The number of carbonyl (C=O) groups is 1. The molecule has 0 aliphatic carbocycles. The maximum atomic E-state index is 12.2. The van der Waals surface area contributed by atoms with Gasteiger partial charge < -0.3 is 9.64 Å². The third-order valence-electron chi connectivity index (χ3n) is 4.17. The lowest BCUT2D eigenvalue weighted by molar-refractivity contribution is -0.125. The molecule has 1 aromatic heterocycles. The molecule has 132 valence electrons. The molecule has 3 aromatic rings. The van der Waals surface area contributed by atoms with E-state index >= 15 is 0 Å². The lowest BCUT2D eigenvalue weighted by Crippen LogP contribution is -2.29. The van der Waals surface area contributed by atoms with Gasteiger partial charge in [0.1, 0.15) is 12.4 Å². The van der Waals surface area contributed by atoms with Gasteiger partial charge in [-0.1, -0.05) is 42.5 Å². The molecule has 0 N–H and O–H groups in total. The fourth-order valence-electron chi connectivity index (χ4n) is 2.58. The predicted octanol–water partition coefficient (Wildman–Crippen LogP) is 4.09. The maximum Gasteiger partial charge on any atom is 0.246 e. The Labute approximate surface area is 153 Å². The van der Waals surface area contributed by atoms with Crippen molar-refractivity contribution in [1.29, 1.82) is 0 Å². The zero-order valence-corrected chi connectivity index (χ0v) is 15.1. The summed E-state index contributed by atoms with van der Waals surface area (Å²) in [6.07, 6.45) is 3.29. The van der Waals surface area contributed by atoms with Crippen molar-refractivity contribution in [3.63, 3.8) is 0 Å². The quantitative estimate of drug-likeness (QED) is 0.631. The minimum atomic E-state index is -0.0756. The van der Waals surface area contributed by atoms with E-state index in [0.717, 1.165) is 27.9 Å². The van der Waals surface area contributed by atoms with E-state index in [1.165, 1.54) is 0 Å². The second kappa shape index (κ2) is 8.30. The van der Waals surface area contributed by atoms with Gasteiger partial charge in [0.25, 0.3) is 0 Å². The number of benzene rings is 2.